The molecule has 4 rings (SSSR count). The normalized spacial score (nSPS) is 12.3. The van der Waals surface area contributed by atoms with Gasteiger partial charge in [0.15, 0.2) is 0 Å². The fraction of sp³-hybridized carbons (Fsp3) is 0.167. The highest BCUT2D eigenvalue weighted by Crippen LogP contribution is 2.37. The van der Waals surface area contributed by atoms with Crippen LogP contribution in [0, 0.1) is 13.8 Å². The van der Waals surface area contributed by atoms with Crippen molar-refractivity contribution in [1.29, 1.82) is 0 Å². The van der Waals surface area contributed by atoms with Gasteiger partial charge in [0.25, 0.3) is 0 Å². The molecule has 2 aromatic heterocycles. The van der Waals surface area contributed by atoms with Gasteiger partial charge in [0.2, 0.25) is 0 Å². The fourth-order valence-electron chi connectivity index (χ4n) is 3.36. The Kier molecular flexibility index (Phi) is 3.08. The molecule has 0 saturated carbocycles. The molecule has 0 aliphatic rings. The van der Waals surface area contributed by atoms with Gasteiger partial charge in [-0.15, -0.1) is 0 Å². The lowest BCUT2D eigenvalue weighted by Crippen LogP contribution is -2.05. The van der Waals surface area contributed by atoms with Crippen molar-refractivity contribution in [3.05, 3.63) is 47.8 Å². The van der Waals surface area contributed by atoms with Gasteiger partial charge in [0.05, 0.1) is 11.8 Å². The highest BCUT2D eigenvalue weighted by atomic mass is 32.2. The maximum atomic E-state index is 11.4. The average Bonchev–Trinajstić information content (AvgIpc) is 2.90. The third-order valence-corrected chi connectivity index (χ3v) is 4.89. The minimum Gasteiger partial charge on any atom is -0.383 e. The Morgan fingerprint density at radius 3 is 2.58 bits per heavy atom. The number of benzene rings is 2. The lowest BCUT2D eigenvalue weighted by Gasteiger charge is -2.08. The van der Waals surface area contributed by atoms with Gasteiger partial charge >= 0.3 is 10.1 Å². The van der Waals surface area contributed by atoms with Gasteiger partial charge < -0.3 is 9.17 Å². The Balaban J connectivity index is 2.13. The number of rotatable bonds is 2. The fourth-order valence-corrected chi connectivity index (χ4v) is 3.81. The lowest BCUT2D eigenvalue weighted by atomic mass is 9.97. The number of pyridine rings is 1. The third-order valence-electron chi connectivity index (χ3n) is 4.40. The Labute approximate surface area is 139 Å². The first-order chi connectivity index (χ1) is 11.3. The number of aromatic nitrogens is 2. The van der Waals surface area contributed by atoms with Crippen LogP contribution in [-0.4, -0.2) is 24.6 Å². The molecule has 0 radical (unpaired) electrons. The summed E-state index contributed by atoms with van der Waals surface area (Å²) in [5.41, 5.74) is 4.26. The molecule has 122 valence electrons. The molecule has 0 aliphatic carbocycles. The van der Waals surface area contributed by atoms with E-state index in [1.165, 1.54) is 0 Å². The van der Waals surface area contributed by atoms with Crippen molar-refractivity contribution in [3.63, 3.8) is 0 Å². The summed E-state index contributed by atoms with van der Waals surface area (Å²) >= 11 is 0. The van der Waals surface area contributed by atoms with Crippen LogP contribution in [0.15, 0.2) is 36.7 Å². The van der Waals surface area contributed by atoms with Crippen molar-refractivity contribution >= 4 is 42.7 Å². The van der Waals surface area contributed by atoms with E-state index in [9.17, 15) is 8.42 Å². The largest absolute Gasteiger partial charge is 0.383 e. The number of aromatic amines is 1. The van der Waals surface area contributed by atoms with Gasteiger partial charge in [-0.2, -0.15) is 8.42 Å². The van der Waals surface area contributed by atoms with E-state index in [1.807, 2.05) is 18.3 Å². The van der Waals surface area contributed by atoms with Crippen molar-refractivity contribution in [3.8, 4) is 5.75 Å². The van der Waals surface area contributed by atoms with Gasteiger partial charge in [0, 0.05) is 34.1 Å². The van der Waals surface area contributed by atoms with Crippen LogP contribution in [0.1, 0.15) is 11.1 Å². The summed E-state index contributed by atoms with van der Waals surface area (Å²) in [6.45, 7) is 4.14. The molecule has 0 fully saturated rings. The summed E-state index contributed by atoms with van der Waals surface area (Å²) in [5, 5.41) is 4.27. The van der Waals surface area contributed by atoms with Crippen LogP contribution in [0.4, 0.5) is 0 Å². The van der Waals surface area contributed by atoms with Crippen LogP contribution in [0.2, 0.25) is 0 Å². The maximum absolute atomic E-state index is 11.4. The topological polar surface area (TPSA) is 72.0 Å². The number of aryl methyl sites for hydroxylation is 2. The molecule has 4 aromatic rings. The molecule has 0 amide bonds. The number of nitrogens with zero attached hydrogens (tertiary/aromatic N) is 1. The molecule has 1 N–H and O–H groups in total. The molecule has 0 saturated heterocycles. The number of hydrogen-bond acceptors (Lipinski definition) is 4. The number of H-pyrrole nitrogens is 1. The van der Waals surface area contributed by atoms with Crippen LogP contribution in [0.25, 0.3) is 32.6 Å². The van der Waals surface area contributed by atoms with Crippen LogP contribution < -0.4 is 4.18 Å². The summed E-state index contributed by atoms with van der Waals surface area (Å²) in [4.78, 5) is 7.68. The molecule has 5 nitrogen and oxygen atoms in total. The van der Waals surface area contributed by atoms with Crippen molar-refractivity contribution in [2.24, 2.45) is 0 Å². The molecule has 2 heterocycles. The number of nitrogens with one attached hydrogen (secondary N) is 1. The minimum atomic E-state index is -3.56. The van der Waals surface area contributed by atoms with E-state index in [-0.39, 0.29) is 0 Å². The Bertz CT molecular complexity index is 1220. The summed E-state index contributed by atoms with van der Waals surface area (Å²) < 4.78 is 27.8. The van der Waals surface area contributed by atoms with Crippen LogP contribution >= 0.6 is 0 Å². The number of hydrogen-bond donors (Lipinski definition) is 1. The maximum Gasteiger partial charge on any atom is 0.306 e. The number of fused-ring (bicyclic) bond motifs is 4. The summed E-state index contributed by atoms with van der Waals surface area (Å²) in [5.74, 6) is 0.314. The first-order valence-electron chi connectivity index (χ1n) is 7.53. The minimum absolute atomic E-state index is 0.314. The molecule has 0 atom stereocenters. The molecule has 0 bridgehead atoms. The molecule has 0 aliphatic heterocycles. The molecular weight excluding hydrogens is 324 g/mol. The van der Waals surface area contributed by atoms with E-state index >= 15 is 0 Å². The van der Waals surface area contributed by atoms with E-state index in [1.54, 1.807) is 18.3 Å². The highest BCUT2D eigenvalue weighted by Gasteiger charge is 2.15. The van der Waals surface area contributed by atoms with E-state index in [4.69, 9.17) is 4.18 Å². The third kappa shape index (κ3) is 2.22. The predicted molar refractivity (Wildman–Crippen MR) is 96.1 cm³/mol. The zero-order valence-electron chi connectivity index (χ0n) is 13.5. The highest BCUT2D eigenvalue weighted by molar-refractivity contribution is 7.86. The van der Waals surface area contributed by atoms with Crippen molar-refractivity contribution in [1.82, 2.24) is 9.97 Å². The van der Waals surface area contributed by atoms with E-state index in [0.717, 1.165) is 50.0 Å². The van der Waals surface area contributed by atoms with Gasteiger partial charge in [-0.05, 0) is 54.6 Å². The zero-order chi connectivity index (χ0) is 17.1. The van der Waals surface area contributed by atoms with E-state index in [0.29, 0.717) is 5.75 Å². The van der Waals surface area contributed by atoms with E-state index < -0.39 is 10.1 Å². The molecule has 6 heteroatoms. The predicted octanol–water partition coefficient (Wildman–Crippen LogP) is 3.82. The lowest BCUT2D eigenvalue weighted by molar-refractivity contribution is 0.493. The molecule has 2 aromatic carbocycles. The van der Waals surface area contributed by atoms with Crippen LogP contribution in [-0.2, 0) is 10.1 Å². The monoisotopic (exact) mass is 340 g/mol. The average molecular weight is 340 g/mol. The van der Waals surface area contributed by atoms with Crippen molar-refractivity contribution in [2.75, 3.05) is 6.26 Å². The van der Waals surface area contributed by atoms with Crippen molar-refractivity contribution < 1.29 is 12.6 Å². The first kappa shape index (κ1) is 15.0. The second kappa shape index (κ2) is 4.95. The van der Waals surface area contributed by atoms with Gasteiger partial charge in [-0.25, -0.2) is 0 Å². The van der Waals surface area contributed by atoms with Crippen LogP contribution in [0.3, 0.4) is 0 Å². The summed E-state index contributed by atoms with van der Waals surface area (Å²) in [6, 6.07) is 7.28. The Morgan fingerprint density at radius 2 is 1.83 bits per heavy atom. The van der Waals surface area contributed by atoms with E-state index in [2.05, 4.69) is 23.8 Å². The quantitative estimate of drug-likeness (QED) is 0.563. The molecule has 0 unspecified atom stereocenters. The van der Waals surface area contributed by atoms with Gasteiger partial charge in [-0.3, -0.25) is 4.98 Å². The molecular formula is C18H16N2O3S. The first-order valence-corrected chi connectivity index (χ1v) is 9.34. The summed E-state index contributed by atoms with van der Waals surface area (Å²) in [6.07, 6.45) is 4.70. The van der Waals surface area contributed by atoms with Crippen molar-refractivity contribution in [2.45, 2.75) is 13.8 Å². The molecule has 24 heavy (non-hydrogen) atoms. The SMILES string of the molecule is Cc1c2ccncc2c(C)c2c1[nH]c1ccc(OS(C)(=O)=O)cc12. The van der Waals surface area contributed by atoms with Crippen LogP contribution in [0.5, 0.6) is 5.75 Å². The Morgan fingerprint density at radius 1 is 1.04 bits per heavy atom. The second-order valence-electron chi connectivity index (χ2n) is 6.04. The second-order valence-corrected chi connectivity index (χ2v) is 7.62. The van der Waals surface area contributed by atoms with Gasteiger partial charge in [-0.1, -0.05) is 0 Å². The smallest absolute Gasteiger partial charge is 0.306 e. The Hall–Kier alpha value is -2.60. The standard InChI is InChI=1S/C18H16N2O3S/c1-10-15-9-19-7-6-13(15)11(2)18-17(10)14-8-12(23-24(3,21)22)4-5-16(14)20-18/h4-9,20H,1-3H3. The summed E-state index contributed by atoms with van der Waals surface area (Å²) in [7, 11) is -3.56. The molecule has 0 spiro atoms. The van der Waals surface area contributed by atoms with Gasteiger partial charge in [0.1, 0.15) is 5.75 Å². The zero-order valence-corrected chi connectivity index (χ0v) is 14.4.